The maximum atomic E-state index is 5.48. The molecule has 0 aromatic heterocycles. The van der Waals surface area contributed by atoms with Crippen LogP contribution in [0.3, 0.4) is 0 Å². The Morgan fingerprint density at radius 2 is 1.82 bits per heavy atom. The summed E-state index contributed by atoms with van der Waals surface area (Å²) in [6.45, 7) is 3.08. The molecule has 1 N–H and O–H groups in total. The average Bonchev–Trinajstić information content (AvgIpc) is 2.37. The van der Waals surface area contributed by atoms with Gasteiger partial charge in [0, 0.05) is 23.2 Å². The van der Waals surface area contributed by atoms with Crippen molar-refractivity contribution in [1.82, 2.24) is 5.32 Å². The van der Waals surface area contributed by atoms with Gasteiger partial charge in [-0.1, -0.05) is 0 Å². The fourth-order valence-corrected chi connectivity index (χ4v) is 2.45. The van der Waals surface area contributed by atoms with Crippen molar-refractivity contribution >= 4 is 0 Å². The summed E-state index contributed by atoms with van der Waals surface area (Å²) in [5.41, 5.74) is 2.37. The molecule has 2 rings (SSSR count). The average molecular weight is 237 g/mol. The first kappa shape index (κ1) is 12.0. The predicted molar refractivity (Wildman–Crippen MR) is 66.2 cm³/mol. The molecule has 0 saturated heterocycles. The molecule has 1 aliphatic rings. The molecule has 0 saturated carbocycles. The fraction of sp³-hybridized carbons (Fsp3) is 0.538. The number of nitrogens with one attached hydrogen (secondary N) is 1. The first-order valence-electron chi connectivity index (χ1n) is 5.78. The zero-order valence-electron chi connectivity index (χ0n) is 10.8. The molecule has 17 heavy (non-hydrogen) atoms. The third-order valence-electron chi connectivity index (χ3n) is 3.26. The number of hydrogen-bond donors (Lipinski definition) is 1. The number of hydrogen-bond acceptors (Lipinski definition) is 4. The minimum absolute atomic E-state index is 0.248. The number of fused-ring (bicyclic) bond motifs is 1. The van der Waals surface area contributed by atoms with Gasteiger partial charge in [0.25, 0.3) is 0 Å². The molecule has 0 bridgehead atoms. The second-order valence-corrected chi connectivity index (χ2v) is 4.13. The Hall–Kier alpha value is -1.42. The van der Waals surface area contributed by atoms with Gasteiger partial charge in [-0.15, -0.1) is 0 Å². The van der Waals surface area contributed by atoms with E-state index >= 15 is 0 Å². The van der Waals surface area contributed by atoms with Crippen molar-refractivity contribution in [2.75, 3.05) is 27.9 Å². The van der Waals surface area contributed by atoms with Crippen LogP contribution in [0.25, 0.3) is 0 Å². The molecule has 1 unspecified atom stereocenters. The van der Waals surface area contributed by atoms with Gasteiger partial charge in [0.1, 0.15) is 5.75 Å². The molecule has 0 spiro atoms. The van der Waals surface area contributed by atoms with E-state index in [9.17, 15) is 0 Å². The summed E-state index contributed by atoms with van der Waals surface area (Å²) < 4.78 is 16.3. The second-order valence-electron chi connectivity index (χ2n) is 4.13. The van der Waals surface area contributed by atoms with Crippen LogP contribution in [-0.4, -0.2) is 27.9 Å². The lowest BCUT2D eigenvalue weighted by Crippen LogP contribution is -2.28. The lowest BCUT2D eigenvalue weighted by atomic mass is 9.93. The summed E-state index contributed by atoms with van der Waals surface area (Å²) in [5.74, 6) is 2.41. The standard InChI is InChI=1S/C13H19NO3/c1-8-12-9(5-6-14-8)10(15-2)7-11(16-3)13(12)17-4/h7-8,14H,5-6H2,1-4H3. The summed E-state index contributed by atoms with van der Waals surface area (Å²) >= 11 is 0. The van der Waals surface area contributed by atoms with Crippen LogP contribution in [0.15, 0.2) is 6.07 Å². The van der Waals surface area contributed by atoms with Crippen LogP contribution < -0.4 is 19.5 Å². The minimum Gasteiger partial charge on any atom is -0.496 e. The van der Waals surface area contributed by atoms with Crippen LogP contribution in [0.1, 0.15) is 24.1 Å². The molecule has 94 valence electrons. The van der Waals surface area contributed by atoms with Crippen LogP contribution in [0, 0.1) is 0 Å². The Bertz CT molecular complexity index is 395. The second kappa shape index (κ2) is 4.84. The monoisotopic (exact) mass is 237 g/mol. The summed E-state index contributed by atoms with van der Waals surface area (Å²) in [6, 6.07) is 2.15. The molecule has 0 fully saturated rings. The Morgan fingerprint density at radius 3 is 2.41 bits per heavy atom. The van der Waals surface area contributed by atoms with E-state index in [2.05, 4.69) is 12.2 Å². The van der Waals surface area contributed by atoms with E-state index in [0.717, 1.165) is 35.8 Å². The highest BCUT2D eigenvalue weighted by molar-refractivity contribution is 5.59. The van der Waals surface area contributed by atoms with Crippen LogP contribution >= 0.6 is 0 Å². The zero-order valence-corrected chi connectivity index (χ0v) is 10.8. The molecule has 0 aliphatic carbocycles. The molecular weight excluding hydrogens is 218 g/mol. The highest BCUT2D eigenvalue weighted by Crippen LogP contribution is 2.43. The van der Waals surface area contributed by atoms with E-state index in [-0.39, 0.29) is 6.04 Å². The molecule has 4 heteroatoms. The summed E-state index contributed by atoms with van der Waals surface area (Å²) in [4.78, 5) is 0. The van der Waals surface area contributed by atoms with Crippen molar-refractivity contribution in [2.24, 2.45) is 0 Å². The van der Waals surface area contributed by atoms with Gasteiger partial charge in [0.15, 0.2) is 11.5 Å². The van der Waals surface area contributed by atoms with E-state index in [4.69, 9.17) is 14.2 Å². The fourth-order valence-electron chi connectivity index (χ4n) is 2.45. The van der Waals surface area contributed by atoms with Gasteiger partial charge in [-0.3, -0.25) is 0 Å². The molecule has 1 aromatic carbocycles. The third kappa shape index (κ3) is 1.93. The van der Waals surface area contributed by atoms with Gasteiger partial charge >= 0.3 is 0 Å². The van der Waals surface area contributed by atoms with Crippen molar-refractivity contribution in [3.63, 3.8) is 0 Å². The van der Waals surface area contributed by atoms with Gasteiger partial charge in [0.2, 0.25) is 0 Å². The molecule has 0 radical (unpaired) electrons. The molecule has 1 aromatic rings. The van der Waals surface area contributed by atoms with Crippen LogP contribution in [0.4, 0.5) is 0 Å². The van der Waals surface area contributed by atoms with E-state index in [0.29, 0.717) is 0 Å². The number of methoxy groups -OCH3 is 3. The first-order valence-corrected chi connectivity index (χ1v) is 5.78. The normalized spacial score (nSPS) is 18.5. The van der Waals surface area contributed by atoms with E-state index in [1.807, 2.05) is 6.07 Å². The van der Waals surface area contributed by atoms with Crippen LogP contribution in [0.5, 0.6) is 17.2 Å². The van der Waals surface area contributed by atoms with Gasteiger partial charge in [0.05, 0.1) is 21.3 Å². The Morgan fingerprint density at radius 1 is 1.12 bits per heavy atom. The first-order chi connectivity index (χ1) is 8.22. The third-order valence-corrected chi connectivity index (χ3v) is 3.26. The van der Waals surface area contributed by atoms with E-state index < -0.39 is 0 Å². The molecular formula is C13H19NO3. The molecule has 1 aliphatic heterocycles. The number of benzene rings is 1. The Balaban J connectivity index is 2.66. The highest BCUT2D eigenvalue weighted by Gasteiger charge is 2.26. The van der Waals surface area contributed by atoms with Gasteiger partial charge in [-0.25, -0.2) is 0 Å². The van der Waals surface area contributed by atoms with Crippen LogP contribution in [-0.2, 0) is 6.42 Å². The molecule has 4 nitrogen and oxygen atoms in total. The smallest absolute Gasteiger partial charge is 0.166 e. The lowest BCUT2D eigenvalue weighted by molar-refractivity contribution is 0.335. The largest absolute Gasteiger partial charge is 0.496 e. The number of rotatable bonds is 3. The van der Waals surface area contributed by atoms with E-state index in [1.54, 1.807) is 21.3 Å². The SMILES string of the molecule is COc1cc(OC)c(OC)c2c1CCNC2C. The zero-order chi connectivity index (χ0) is 12.4. The Labute approximate surface area is 102 Å². The predicted octanol–water partition coefficient (Wildman–Crippen LogP) is 1.92. The maximum absolute atomic E-state index is 5.48. The molecule has 0 amide bonds. The summed E-state index contributed by atoms with van der Waals surface area (Å²) in [5, 5.41) is 3.42. The molecule has 1 heterocycles. The quantitative estimate of drug-likeness (QED) is 0.872. The van der Waals surface area contributed by atoms with Crippen LogP contribution in [0.2, 0.25) is 0 Å². The van der Waals surface area contributed by atoms with Gasteiger partial charge < -0.3 is 19.5 Å². The lowest BCUT2D eigenvalue weighted by Gasteiger charge is -2.28. The minimum atomic E-state index is 0.248. The van der Waals surface area contributed by atoms with Crippen molar-refractivity contribution < 1.29 is 14.2 Å². The van der Waals surface area contributed by atoms with Crippen molar-refractivity contribution in [2.45, 2.75) is 19.4 Å². The summed E-state index contributed by atoms with van der Waals surface area (Å²) in [6.07, 6.45) is 0.948. The summed E-state index contributed by atoms with van der Waals surface area (Å²) in [7, 11) is 5.00. The Kier molecular flexibility index (Phi) is 3.43. The van der Waals surface area contributed by atoms with E-state index in [1.165, 1.54) is 5.56 Å². The van der Waals surface area contributed by atoms with Gasteiger partial charge in [-0.2, -0.15) is 0 Å². The van der Waals surface area contributed by atoms with Gasteiger partial charge in [-0.05, 0) is 19.9 Å². The van der Waals surface area contributed by atoms with Crippen molar-refractivity contribution in [3.8, 4) is 17.2 Å². The topological polar surface area (TPSA) is 39.7 Å². The highest BCUT2D eigenvalue weighted by atomic mass is 16.5. The number of ether oxygens (including phenoxy) is 3. The van der Waals surface area contributed by atoms with Crippen molar-refractivity contribution in [1.29, 1.82) is 0 Å². The van der Waals surface area contributed by atoms with Crippen molar-refractivity contribution in [3.05, 3.63) is 17.2 Å². The maximum Gasteiger partial charge on any atom is 0.166 e. The molecule has 1 atom stereocenters.